The monoisotopic (exact) mass is 449 g/mol. The van der Waals surface area contributed by atoms with Gasteiger partial charge in [-0.15, -0.1) is 11.3 Å². The Morgan fingerprint density at radius 1 is 1.13 bits per heavy atom. The normalized spacial score (nSPS) is 11.1. The molecule has 3 aromatic rings. The third-order valence-corrected chi connectivity index (χ3v) is 4.88. The fourth-order valence-electron chi connectivity index (χ4n) is 2.58. The van der Waals surface area contributed by atoms with Gasteiger partial charge in [-0.2, -0.15) is 13.2 Å². The van der Waals surface area contributed by atoms with Gasteiger partial charge in [-0.05, 0) is 49.4 Å². The van der Waals surface area contributed by atoms with E-state index in [0.717, 1.165) is 22.8 Å². The summed E-state index contributed by atoms with van der Waals surface area (Å²) >= 11 is 1.50. The minimum absolute atomic E-state index is 0.0192. The van der Waals surface area contributed by atoms with Gasteiger partial charge in [0.1, 0.15) is 5.75 Å². The Morgan fingerprint density at radius 3 is 2.52 bits per heavy atom. The summed E-state index contributed by atoms with van der Waals surface area (Å²) < 4.78 is 43.5. The summed E-state index contributed by atoms with van der Waals surface area (Å²) in [6.45, 7) is 1.80. The van der Waals surface area contributed by atoms with Crippen molar-refractivity contribution in [3.05, 3.63) is 75.7 Å². The van der Waals surface area contributed by atoms with Crippen LogP contribution >= 0.6 is 11.3 Å². The van der Waals surface area contributed by atoms with Crippen LogP contribution in [-0.2, 0) is 17.5 Å². The Morgan fingerprint density at radius 2 is 1.87 bits per heavy atom. The minimum atomic E-state index is -4.50. The van der Waals surface area contributed by atoms with Gasteiger partial charge in [0, 0.05) is 16.6 Å². The SMILES string of the molecule is Cc1nc(CNC(=O)c2ccc(OCC(=O)Nc3cccc(C(F)(F)F)c3)cc2)cs1. The largest absolute Gasteiger partial charge is 0.484 e. The third kappa shape index (κ3) is 6.54. The van der Waals surface area contributed by atoms with Gasteiger partial charge in [-0.1, -0.05) is 6.07 Å². The molecule has 10 heteroatoms. The van der Waals surface area contributed by atoms with E-state index in [0.29, 0.717) is 17.9 Å². The van der Waals surface area contributed by atoms with Crippen LogP contribution in [0.2, 0.25) is 0 Å². The highest BCUT2D eigenvalue weighted by molar-refractivity contribution is 7.09. The Kier molecular flexibility index (Phi) is 6.91. The van der Waals surface area contributed by atoms with Crippen LogP contribution in [0.5, 0.6) is 5.75 Å². The van der Waals surface area contributed by atoms with E-state index < -0.39 is 24.3 Å². The van der Waals surface area contributed by atoms with Crippen LogP contribution in [0.15, 0.2) is 53.9 Å². The molecular weight excluding hydrogens is 431 g/mol. The number of halogens is 3. The molecule has 0 unspecified atom stereocenters. The number of nitrogens with zero attached hydrogens (tertiary/aromatic N) is 1. The van der Waals surface area contributed by atoms with Crippen LogP contribution < -0.4 is 15.4 Å². The van der Waals surface area contributed by atoms with Crippen molar-refractivity contribution in [1.82, 2.24) is 10.3 Å². The van der Waals surface area contributed by atoms with Gasteiger partial charge in [-0.25, -0.2) is 4.98 Å². The number of carbonyl (C=O) groups is 2. The second-order valence-electron chi connectivity index (χ2n) is 6.48. The number of amides is 2. The standard InChI is InChI=1S/C21H18F3N3O3S/c1-13-26-17(12-31-13)10-25-20(29)14-5-7-18(8-6-14)30-11-19(28)27-16-4-2-3-15(9-16)21(22,23)24/h2-9,12H,10-11H2,1H3,(H,25,29)(H,27,28). The number of benzene rings is 2. The quantitative estimate of drug-likeness (QED) is 0.560. The van der Waals surface area contributed by atoms with Crippen molar-refractivity contribution in [3.8, 4) is 5.75 Å². The van der Waals surface area contributed by atoms with Gasteiger partial charge in [-0.3, -0.25) is 9.59 Å². The number of ether oxygens (including phenoxy) is 1. The van der Waals surface area contributed by atoms with E-state index in [4.69, 9.17) is 4.74 Å². The van der Waals surface area contributed by atoms with Crippen LogP contribution in [0.25, 0.3) is 0 Å². The molecule has 0 aliphatic heterocycles. The van der Waals surface area contributed by atoms with E-state index in [-0.39, 0.29) is 11.6 Å². The van der Waals surface area contributed by atoms with E-state index in [1.54, 1.807) is 12.1 Å². The highest BCUT2D eigenvalue weighted by Crippen LogP contribution is 2.30. The van der Waals surface area contributed by atoms with Crippen molar-refractivity contribution >= 4 is 28.8 Å². The number of anilines is 1. The molecule has 2 N–H and O–H groups in total. The Hall–Kier alpha value is -3.40. The van der Waals surface area contributed by atoms with Crippen LogP contribution in [0.1, 0.15) is 26.6 Å². The zero-order valence-electron chi connectivity index (χ0n) is 16.3. The molecule has 0 fully saturated rings. The lowest BCUT2D eigenvalue weighted by Gasteiger charge is -2.11. The number of thiazole rings is 1. The second kappa shape index (κ2) is 9.61. The molecule has 0 spiro atoms. The lowest BCUT2D eigenvalue weighted by Crippen LogP contribution is -2.23. The maximum absolute atomic E-state index is 12.7. The van der Waals surface area contributed by atoms with E-state index in [2.05, 4.69) is 15.6 Å². The molecule has 0 saturated carbocycles. The molecule has 2 amide bonds. The number of aryl methyl sites for hydroxylation is 1. The summed E-state index contributed by atoms with van der Waals surface area (Å²) in [5.74, 6) is -0.551. The number of nitrogens with one attached hydrogen (secondary N) is 2. The molecule has 0 radical (unpaired) electrons. The summed E-state index contributed by atoms with van der Waals surface area (Å²) in [7, 11) is 0. The summed E-state index contributed by atoms with van der Waals surface area (Å²) in [6.07, 6.45) is -4.50. The minimum Gasteiger partial charge on any atom is -0.484 e. The molecule has 162 valence electrons. The van der Waals surface area contributed by atoms with E-state index in [1.807, 2.05) is 12.3 Å². The van der Waals surface area contributed by atoms with Gasteiger partial charge in [0.05, 0.1) is 22.8 Å². The molecule has 0 atom stereocenters. The molecule has 1 aromatic heterocycles. The first-order valence-electron chi connectivity index (χ1n) is 9.10. The molecule has 1 heterocycles. The van der Waals surface area contributed by atoms with Crippen molar-refractivity contribution in [3.63, 3.8) is 0 Å². The molecular formula is C21H18F3N3O3S. The molecule has 6 nitrogen and oxygen atoms in total. The lowest BCUT2D eigenvalue weighted by molar-refractivity contribution is -0.137. The third-order valence-electron chi connectivity index (χ3n) is 4.06. The zero-order chi connectivity index (χ0) is 22.4. The summed E-state index contributed by atoms with van der Waals surface area (Å²) in [5, 5.41) is 7.91. The van der Waals surface area contributed by atoms with Gasteiger partial charge in [0.2, 0.25) is 0 Å². The molecule has 0 aliphatic carbocycles. The molecule has 2 aromatic carbocycles. The molecule has 3 rings (SSSR count). The number of hydrogen-bond donors (Lipinski definition) is 2. The number of rotatable bonds is 7. The first-order chi connectivity index (χ1) is 14.7. The van der Waals surface area contributed by atoms with Crippen LogP contribution in [-0.4, -0.2) is 23.4 Å². The predicted octanol–water partition coefficient (Wildman–Crippen LogP) is 4.42. The highest BCUT2D eigenvalue weighted by Gasteiger charge is 2.30. The van der Waals surface area contributed by atoms with Crippen molar-refractivity contribution in [2.24, 2.45) is 0 Å². The Balaban J connectivity index is 1.48. The maximum Gasteiger partial charge on any atom is 0.416 e. The van der Waals surface area contributed by atoms with Crippen LogP contribution in [0, 0.1) is 6.92 Å². The average Bonchev–Trinajstić information content (AvgIpc) is 3.15. The molecule has 31 heavy (non-hydrogen) atoms. The fourth-order valence-corrected chi connectivity index (χ4v) is 3.20. The second-order valence-corrected chi connectivity index (χ2v) is 7.54. The Labute approximate surface area is 180 Å². The number of hydrogen-bond acceptors (Lipinski definition) is 5. The first-order valence-corrected chi connectivity index (χ1v) is 9.98. The highest BCUT2D eigenvalue weighted by atomic mass is 32.1. The van der Waals surface area contributed by atoms with E-state index in [1.165, 1.54) is 35.6 Å². The lowest BCUT2D eigenvalue weighted by atomic mass is 10.2. The number of aromatic nitrogens is 1. The smallest absolute Gasteiger partial charge is 0.416 e. The topological polar surface area (TPSA) is 80.3 Å². The Bertz CT molecular complexity index is 1070. The molecule has 0 bridgehead atoms. The fraction of sp³-hybridized carbons (Fsp3) is 0.190. The summed E-state index contributed by atoms with van der Waals surface area (Å²) in [4.78, 5) is 28.4. The number of carbonyl (C=O) groups excluding carboxylic acids is 2. The molecule has 0 aliphatic rings. The average molecular weight is 449 g/mol. The summed E-state index contributed by atoms with van der Waals surface area (Å²) in [6, 6.07) is 10.5. The van der Waals surface area contributed by atoms with Crippen molar-refractivity contribution in [2.75, 3.05) is 11.9 Å². The van der Waals surface area contributed by atoms with E-state index >= 15 is 0 Å². The van der Waals surface area contributed by atoms with Crippen molar-refractivity contribution < 1.29 is 27.5 Å². The predicted molar refractivity (Wildman–Crippen MR) is 110 cm³/mol. The van der Waals surface area contributed by atoms with Crippen LogP contribution in [0.3, 0.4) is 0 Å². The van der Waals surface area contributed by atoms with Gasteiger partial charge in [0.25, 0.3) is 11.8 Å². The zero-order valence-corrected chi connectivity index (χ0v) is 17.1. The first kappa shape index (κ1) is 22.3. The van der Waals surface area contributed by atoms with Gasteiger partial charge in [0.15, 0.2) is 6.61 Å². The van der Waals surface area contributed by atoms with Crippen molar-refractivity contribution in [2.45, 2.75) is 19.6 Å². The molecule has 0 saturated heterocycles. The van der Waals surface area contributed by atoms with Crippen molar-refractivity contribution in [1.29, 1.82) is 0 Å². The van der Waals surface area contributed by atoms with E-state index in [9.17, 15) is 22.8 Å². The summed E-state index contributed by atoms with van der Waals surface area (Å²) in [5.41, 5.74) is 0.353. The maximum atomic E-state index is 12.7. The van der Waals surface area contributed by atoms with Gasteiger partial charge < -0.3 is 15.4 Å². The number of alkyl halides is 3. The van der Waals surface area contributed by atoms with Gasteiger partial charge >= 0.3 is 6.18 Å². The van der Waals surface area contributed by atoms with Crippen LogP contribution in [0.4, 0.5) is 18.9 Å².